The van der Waals surface area contributed by atoms with E-state index in [4.69, 9.17) is 21.6 Å². The van der Waals surface area contributed by atoms with Crippen molar-refractivity contribution in [3.05, 3.63) is 57.4 Å². The second-order valence-corrected chi connectivity index (χ2v) is 8.19. The molecule has 2 aromatic heterocycles. The van der Waals surface area contributed by atoms with Crippen molar-refractivity contribution in [2.45, 2.75) is 12.8 Å². The summed E-state index contributed by atoms with van der Waals surface area (Å²) in [5, 5.41) is 10.0. The highest BCUT2D eigenvalue weighted by Gasteiger charge is 2.23. The second-order valence-electron chi connectivity index (χ2n) is 5.83. The predicted molar refractivity (Wildman–Crippen MR) is 113 cm³/mol. The summed E-state index contributed by atoms with van der Waals surface area (Å²) >= 11 is 9.76. The van der Waals surface area contributed by atoms with Crippen LogP contribution in [-0.4, -0.2) is 31.1 Å². The lowest BCUT2D eigenvalue weighted by Gasteiger charge is -2.28. The van der Waals surface area contributed by atoms with Crippen LogP contribution in [0.25, 0.3) is 10.2 Å². The predicted octanol–water partition coefficient (Wildman–Crippen LogP) is 4.06. The normalized spacial score (nSPS) is 17.1. The fourth-order valence-corrected chi connectivity index (χ4v) is 4.96. The smallest absolute Gasteiger partial charge is 0.193 e. The van der Waals surface area contributed by atoms with Crippen LogP contribution in [0.3, 0.4) is 0 Å². The molecule has 0 bridgehead atoms. The van der Waals surface area contributed by atoms with Gasteiger partial charge in [-0.15, -0.1) is 11.3 Å². The van der Waals surface area contributed by atoms with Gasteiger partial charge in [0.15, 0.2) is 11.4 Å². The molecule has 3 heterocycles. The van der Waals surface area contributed by atoms with Crippen molar-refractivity contribution >= 4 is 55.3 Å². The first-order chi connectivity index (χ1) is 12.7. The number of nitrogens with zero attached hydrogens (tertiary/aromatic N) is 3. The number of thiophene rings is 1. The van der Waals surface area contributed by atoms with Gasteiger partial charge in [-0.3, -0.25) is 10.2 Å². The summed E-state index contributed by atoms with van der Waals surface area (Å²) in [5.74, 6) is 0. The van der Waals surface area contributed by atoms with E-state index in [1.807, 2.05) is 43.4 Å². The molecule has 0 spiro atoms. The third-order valence-electron chi connectivity index (χ3n) is 4.05. The monoisotopic (exact) mass is 403 g/mol. The largest absolute Gasteiger partial charge is 0.316 e. The summed E-state index contributed by atoms with van der Waals surface area (Å²) in [4.78, 5) is 12.8. The summed E-state index contributed by atoms with van der Waals surface area (Å²) < 4.78 is 1.08. The number of hydrogen-bond donors (Lipinski definition) is 2. The number of aliphatic imine (C=N–C) groups is 1. The van der Waals surface area contributed by atoms with Crippen LogP contribution in [0.5, 0.6) is 0 Å². The number of aromatic nitrogens is 1. The SMILES string of the molecule is CNCc1cc(Cl)c2nc(N3C=CC(c4cccs4)=NC3NC)sc2c1. The molecular weight excluding hydrogens is 386 g/mol. The maximum Gasteiger partial charge on any atom is 0.193 e. The van der Waals surface area contributed by atoms with Gasteiger partial charge in [-0.1, -0.05) is 29.0 Å². The van der Waals surface area contributed by atoms with E-state index in [-0.39, 0.29) is 6.29 Å². The number of nitrogens with one attached hydrogen (secondary N) is 2. The third-order valence-corrected chi connectivity index (χ3v) is 6.24. The van der Waals surface area contributed by atoms with Crippen molar-refractivity contribution in [2.75, 3.05) is 19.0 Å². The molecule has 1 aromatic carbocycles. The maximum atomic E-state index is 6.45. The molecule has 26 heavy (non-hydrogen) atoms. The average molecular weight is 404 g/mol. The quantitative estimate of drug-likeness (QED) is 0.674. The minimum atomic E-state index is -0.201. The van der Waals surface area contributed by atoms with Gasteiger partial charge < -0.3 is 5.32 Å². The Balaban J connectivity index is 1.69. The molecule has 134 valence electrons. The molecule has 0 saturated heterocycles. The molecule has 8 heteroatoms. The van der Waals surface area contributed by atoms with Gasteiger partial charge in [0.2, 0.25) is 0 Å². The highest BCUT2D eigenvalue weighted by atomic mass is 35.5. The summed E-state index contributed by atoms with van der Waals surface area (Å²) in [7, 11) is 3.83. The van der Waals surface area contributed by atoms with Crippen LogP contribution in [0.2, 0.25) is 5.02 Å². The number of thiazole rings is 1. The number of hydrogen-bond acceptors (Lipinski definition) is 7. The van der Waals surface area contributed by atoms with Gasteiger partial charge in [0.05, 0.1) is 20.3 Å². The third kappa shape index (κ3) is 3.28. The molecule has 1 unspecified atom stereocenters. The standard InChI is InChI=1S/C18H18ClN5S2/c1-20-10-11-8-12(19)16-15(9-11)26-18(23-16)24-6-5-13(22-17(24)21-2)14-4-3-7-25-14/h3-9,17,20-21H,10H2,1-2H3. The highest BCUT2D eigenvalue weighted by Crippen LogP contribution is 2.35. The molecule has 5 nitrogen and oxygen atoms in total. The maximum absolute atomic E-state index is 6.45. The van der Waals surface area contributed by atoms with Crippen molar-refractivity contribution in [2.24, 2.45) is 4.99 Å². The fraction of sp³-hybridized carbons (Fsp3) is 0.222. The number of benzene rings is 1. The Morgan fingerprint density at radius 2 is 2.19 bits per heavy atom. The molecular formula is C18H18ClN5S2. The van der Waals surface area contributed by atoms with Crippen LogP contribution < -0.4 is 15.5 Å². The number of fused-ring (bicyclic) bond motifs is 1. The zero-order valence-corrected chi connectivity index (χ0v) is 16.8. The van der Waals surface area contributed by atoms with Gasteiger partial charge >= 0.3 is 0 Å². The summed E-state index contributed by atoms with van der Waals surface area (Å²) in [5.41, 5.74) is 2.96. The summed E-state index contributed by atoms with van der Waals surface area (Å²) in [6, 6.07) is 8.23. The first-order valence-electron chi connectivity index (χ1n) is 8.18. The van der Waals surface area contributed by atoms with E-state index < -0.39 is 0 Å². The van der Waals surface area contributed by atoms with Crippen LogP contribution >= 0.6 is 34.3 Å². The molecule has 1 aliphatic rings. The molecule has 0 saturated carbocycles. The van der Waals surface area contributed by atoms with Gasteiger partial charge in [0.1, 0.15) is 5.52 Å². The Hall–Kier alpha value is -1.77. The van der Waals surface area contributed by atoms with E-state index in [2.05, 4.69) is 28.1 Å². The molecule has 0 radical (unpaired) electrons. The molecule has 4 rings (SSSR count). The number of rotatable bonds is 5. The van der Waals surface area contributed by atoms with Crippen LogP contribution in [0.1, 0.15) is 10.4 Å². The first-order valence-corrected chi connectivity index (χ1v) is 10.3. The summed E-state index contributed by atoms with van der Waals surface area (Å²) in [6.45, 7) is 0.778. The van der Waals surface area contributed by atoms with Gasteiger partial charge in [0, 0.05) is 12.7 Å². The van der Waals surface area contributed by atoms with Crippen molar-refractivity contribution < 1.29 is 0 Å². The van der Waals surface area contributed by atoms with E-state index >= 15 is 0 Å². The van der Waals surface area contributed by atoms with Crippen molar-refractivity contribution in [1.82, 2.24) is 15.6 Å². The molecule has 1 atom stereocenters. The Kier molecular flexibility index (Phi) is 5.06. The lowest BCUT2D eigenvalue weighted by molar-refractivity contribution is 0.587. The van der Waals surface area contributed by atoms with Crippen molar-refractivity contribution in [3.8, 4) is 0 Å². The number of anilines is 1. The molecule has 0 fully saturated rings. The minimum absolute atomic E-state index is 0.201. The zero-order chi connectivity index (χ0) is 18.1. The number of allylic oxidation sites excluding steroid dienone is 1. The number of halogens is 1. The summed E-state index contributed by atoms with van der Waals surface area (Å²) in [6.07, 6.45) is 3.86. The van der Waals surface area contributed by atoms with E-state index in [0.29, 0.717) is 5.02 Å². The molecule has 3 aromatic rings. The van der Waals surface area contributed by atoms with E-state index in [1.165, 1.54) is 0 Å². The first kappa shape index (κ1) is 17.6. The van der Waals surface area contributed by atoms with Gasteiger partial charge in [-0.25, -0.2) is 9.98 Å². The molecule has 1 aliphatic heterocycles. The van der Waals surface area contributed by atoms with Gasteiger partial charge in [-0.05, 0) is 49.3 Å². The van der Waals surface area contributed by atoms with Crippen LogP contribution in [-0.2, 0) is 6.54 Å². The zero-order valence-electron chi connectivity index (χ0n) is 14.4. The lowest BCUT2D eigenvalue weighted by Crippen LogP contribution is -2.42. The van der Waals surface area contributed by atoms with E-state index in [9.17, 15) is 0 Å². The molecule has 0 aliphatic carbocycles. The minimum Gasteiger partial charge on any atom is -0.316 e. The Bertz CT molecular complexity index is 977. The van der Waals surface area contributed by atoms with Crippen LogP contribution in [0, 0.1) is 0 Å². The van der Waals surface area contributed by atoms with Crippen molar-refractivity contribution in [3.63, 3.8) is 0 Å². The Morgan fingerprint density at radius 1 is 1.31 bits per heavy atom. The second kappa shape index (κ2) is 7.46. The fourth-order valence-electron chi connectivity index (χ4n) is 2.86. The Morgan fingerprint density at radius 3 is 2.92 bits per heavy atom. The molecule has 0 amide bonds. The average Bonchev–Trinajstić information content (AvgIpc) is 3.31. The van der Waals surface area contributed by atoms with Gasteiger partial charge in [0.25, 0.3) is 0 Å². The topological polar surface area (TPSA) is 52.6 Å². The van der Waals surface area contributed by atoms with Crippen LogP contribution in [0.4, 0.5) is 5.13 Å². The van der Waals surface area contributed by atoms with E-state index in [1.54, 1.807) is 22.7 Å². The Labute approximate surface area is 165 Å². The van der Waals surface area contributed by atoms with E-state index in [0.717, 1.165) is 38.0 Å². The van der Waals surface area contributed by atoms with Crippen LogP contribution in [0.15, 0.2) is 46.9 Å². The van der Waals surface area contributed by atoms with Crippen molar-refractivity contribution in [1.29, 1.82) is 0 Å². The van der Waals surface area contributed by atoms with Gasteiger partial charge in [-0.2, -0.15) is 0 Å². The lowest BCUT2D eigenvalue weighted by atomic mass is 10.2. The molecule has 2 N–H and O–H groups in total. The highest BCUT2D eigenvalue weighted by molar-refractivity contribution is 7.22.